The standard InChI is InChI=1S/C27H25NO5/c1-31-20-9-6-8-19(15-20)27(30)28-26(18-12-14-23(32-2)24(16-18)33-3)25-21-10-5-4-7-17(21)11-13-22(25)29/h4-16,26,29H,1-3H3,(H,28,30)/t26-/m0/s1. The number of carbonyl (C=O) groups excluding carboxylic acids is 1. The number of methoxy groups -OCH3 is 3. The van der Waals surface area contributed by atoms with Crippen LogP contribution in [0.4, 0.5) is 0 Å². The van der Waals surface area contributed by atoms with E-state index >= 15 is 0 Å². The Morgan fingerprint density at radius 2 is 1.61 bits per heavy atom. The molecule has 0 saturated carbocycles. The van der Waals surface area contributed by atoms with Gasteiger partial charge < -0.3 is 24.6 Å². The first kappa shape index (κ1) is 22.0. The van der Waals surface area contributed by atoms with E-state index in [2.05, 4.69) is 5.32 Å². The Bertz CT molecular complexity index is 1300. The number of carbonyl (C=O) groups is 1. The number of amides is 1. The fourth-order valence-corrected chi connectivity index (χ4v) is 3.92. The molecule has 6 nitrogen and oxygen atoms in total. The van der Waals surface area contributed by atoms with Crippen molar-refractivity contribution in [3.05, 3.63) is 95.6 Å². The van der Waals surface area contributed by atoms with Crippen molar-refractivity contribution < 1.29 is 24.1 Å². The molecular formula is C27H25NO5. The maximum atomic E-state index is 13.3. The lowest BCUT2D eigenvalue weighted by atomic mass is 9.92. The van der Waals surface area contributed by atoms with Gasteiger partial charge in [-0.1, -0.05) is 42.5 Å². The molecule has 4 rings (SSSR count). The molecule has 0 unspecified atom stereocenters. The number of fused-ring (bicyclic) bond motifs is 1. The second-order valence-corrected chi connectivity index (χ2v) is 7.47. The minimum absolute atomic E-state index is 0.0828. The average molecular weight is 443 g/mol. The highest BCUT2D eigenvalue weighted by Crippen LogP contribution is 2.38. The molecule has 0 radical (unpaired) electrons. The van der Waals surface area contributed by atoms with Crippen LogP contribution in [0, 0.1) is 0 Å². The summed E-state index contributed by atoms with van der Waals surface area (Å²) >= 11 is 0. The molecule has 0 aliphatic heterocycles. The maximum Gasteiger partial charge on any atom is 0.252 e. The van der Waals surface area contributed by atoms with Gasteiger partial charge in [-0.25, -0.2) is 0 Å². The SMILES string of the molecule is COc1cccc(C(=O)N[C@@H](c2ccc(OC)c(OC)c2)c2c(O)ccc3ccccc23)c1. The summed E-state index contributed by atoms with van der Waals surface area (Å²) in [5.74, 6) is 1.45. The van der Waals surface area contributed by atoms with Crippen LogP contribution in [0.25, 0.3) is 10.8 Å². The largest absolute Gasteiger partial charge is 0.508 e. The zero-order valence-electron chi connectivity index (χ0n) is 18.7. The lowest BCUT2D eigenvalue weighted by molar-refractivity contribution is 0.0942. The van der Waals surface area contributed by atoms with E-state index in [9.17, 15) is 9.90 Å². The third-order valence-electron chi connectivity index (χ3n) is 5.58. The highest BCUT2D eigenvalue weighted by atomic mass is 16.5. The predicted molar refractivity (Wildman–Crippen MR) is 127 cm³/mol. The van der Waals surface area contributed by atoms with Gasteiger partial charge in [0.2, 0.25) is 0 Å². The van der Waals surface area contributed by atoms with E-state index in [4.69, 9.17) is 14.2 Å². The number of hydrogen-bond acceptors (Lipinski definition) is 5. The summed E-state index contributed by atoms with van der Waals surface area (Å²) < 4.78 is 16.1. The minimum Gasteiger partial charge on any atom is -0.508 e. The highest BCUT2D eigenvalue weighted by molar-refractivity contribution is 5.96. The van der Waals surface area contributed by atoms with Crippen molar-refractivity contribution in [2.24, 2.45) is 0 Å². The van der Waals surface area contributed by atoms with Gasteiger partial charge in [0, 0.05) is 11.1 Å². The number of aromatic hydroxyl groups is 1. The summed E-state index contributed by atoms with van der Waals surface area (Å²) in [6, 6.07) is 22.9. The molecular weight excluding hydrogens is 418 g/mol. The number of phenols is 1. The van der Waals surface area contributed by atoms with E-state index in [1.54, 1.807) is 63.8 Å². The molecule has 0 fully saturated rings. The van der Waals surface area contributed by atoms with Crippen LogP contribution in [0.2, 0.25) is 0 Å². The number of ether oxygens (including phenoxy) is 3. The smallest absolute Gasteiger partial charge is 0.252 e. The van der Waals surface area contributed by atoms with Crippen LogP contribution in [0.3, 0.4) is 0 Å². The van der Waals surface area contributed by atoms with E-state index in [0.29, 0.717) is 28.4 Å². The molecule has 168 valence electrons. The van der Waals surface area contributed by atoms with Crippen molar-refractivity contribution in [2.45, 2.75) is 6.04 Å². The normalized spacial score (nSPS) is 11.6. The van der Waals surface area contributed by atoms with Crippen molar-refractivity contribution in [2.75, 3.05) is 21.3 Å². The van der Waals surface area contributed by atoms with Gasteiger partial charge in [-0.2, -0.15) is 0 Å². The van der Waals surface area contributed by atoms with Crippen LogP contribution in [-0.2, 0) is 0 Å². The number of hydrogen-bond donors (Lipinski definition) is 2. The Hall–Kier alpha value is -4.19. The first-order valence-electron chi connectivity index (χ1n) is 10.4. The van der Waals surface area contributed by atoms with Crippen LogP contribution in [-0.4, -0.2) is 32.3 Å². The van der Waals surface area contributed by atoms with Crippen molar-refractivity contribution in [1.82, 2.24) is 5.32 Å². The number of phenolic OH excluding ortho intramolecular Hbond substituents is 1. The summed E-state index contributed by atoms with van der Waals surface area (Å²) in [4.78, 5) is 13.3. The molecule has 0 aliphatic rings. The Morgan fingerprint density at radius 3 is 2.36 bits per heavy atom. The monoisotopic (exact) mass is 443 g/mol. The van der Waals surface area contributed by atoms with Crippen LogP contribution in [0.15, 0.2) is 78.9 Å². The van der Waals surface area contributed by atoms with Gasteiger partial charge in [-0.3, -0.25) is 4.79 Å². The molecule has 0 aromatic heterocycles. The summed E-state index contributed by atoms with van der Waals surface area (Å²) in [5, 5.41) is 15.8. The maximum absolute atomic E-state index is 13.3. The highest BCUT2D eigenvalue weighted by Gasteiger charge is 2.24. The Kier molecular flexibility index (Phi) is 6.36. The Morgan fingerprint density at radius 1 is 0.818 bits per heavy atom. The van der Waals surface area contributed by atoms with Gasteiger partial charge in [0.1, 0.15) is 11.5 Å². The second kappa shape index (κ2) is 9.53. The summed E-state index contributed by atoms with van der Waals surface area (Å²) in [7, 11) is 4.68. The first-order chi connectivity index (χ1) is 16.0. The van der Waals surface area contributed by atoms with Gasteiger partial charge >= 0.3 is 0 Å². The van der Waals surface area contributed by atoms with E-state index in [0.717, 1.165) is 16.3 Å². The van der Waals surface area contributed by atoms with Crippen molar-refractivity contribution >= 4 is 16.7 Å². The molecule has 2 N–H and O–H groups in total. The van der Waals surface area contributed by atoms with E-state index in [-0.39, 0.29) is 11.7 Å². The van der Waals surface area contributed by atoms with Crippen molar-refractivity contribution in [1.29, 1.82) is 0 Å². The van der Waals surface area contributed by atoms with Crippen LogP contribution in [0.1, 0.15) is 27.5 Å². The fourth-order valence-electron chi connectivity index (χ4n) is 3.92. The van der Waals surface area contributed by atoms with Crippen LogP contribution < -0.4 is 19.5 Å². The molecule has 0 heterocycles. The third-order valence-corrected chi connectivity index (χ3v) is 5.58. The summed E-state index contributed by atoms with van der Waals surface area (Å²) in [6.07, 6.45) is 0. The van der Waals surface area contributed by atoms with Crippen LogP contribution in [0.5, 0.6) is 23.0 Å². The molecule has 4 aromatic rings. The second-order valence-electron chi connectivity index (χ2n) is 7.47. The van der Waals surface area contributed by atoms with E-state index in [1.165, 1.54) is 0 Å². The van der Waals surface area contributed by atoms with Gasteiger partial charge in [0.25, 0.3) is 5.91 Å². The molecule has 6 heteroatoms. The quantitative estimate of drug-likeness (QED) is 0.416. The number of benzene rings is 4. The molecule has 0 spiro atoms. The number of nitrogens with one attached hydrogen (secondary N) is 1. The molecule has 4 aromatic carbocycles. The summed E-state index contributed by atoms with van der Waals surface area (Å²) in [6.45, 7) is 0. The van der Waals surface area contributed by atoms with Gasteiger partial charge in [-0.15, -0.1) is 0 Å². The predicted octanol–water partition coefficient (Wildman–Crippen LogP) is 5.09. The zero-order chi connectivity index (χ0) is 23.4. The number of rotatable bonds is 7. The Labute approximate surface area is 192 Å². The topological polar surface area (TPSA) is 77.0 Å². The average Bonchev–Trinajstić information content (AvgIpc) is 2.87. The van der Waals surface area contributed by atoms with Crippen LogP contribution >= 0.6 is 0 Å². The molecule has 1 amide bonds. The van der Waals surface area contributed by atoms with E-state index in [1.807, 2.05) is 36.4 Å². The third kappa shape index (κ3) is 4.41. The van der Waals surface area contributed by atoms with Gasteiger partial charge in [0.15, 0.2) is 11.5 Å². The first-order valence-corrected chi connectivity index (χ1v) is 10.4. The molecule has 0 aliphatic carbocycles. The minimum atomic E-state index is -0.658. The zero-order valence-corrected chi connectivity index (χ0v) is 18.7. The molecule has 0 bridgehead atoms. The van der Waals surface area contributed by atoms with Gasteiger partial charge in [-0.05, 0) is 52.7 Å². The van der Waals surface area contributed by atoms with Crippen molar-refractivity contribution in [3.63, 3.8) is 0 Å². The van der Waals surface area contributed by atoms with Crippen molar-refractivity contribution in [3.8, 4) is 23.0 Å². The van der Waals surface area contributed by atoms with E-state index < -0.39 is 6.04 Å². The molecule has 0 saturated heterocycles. The molecule has 33 heavy (non-hydrogen) atoms. The lowest BCUT2D eigenvalue weighted by Gasteiger charge is -2.23. The Balaban J connectivity index is 1.87. The lowest BCUT2D eigenvalue weighted by Crippen LogP contribution is -2.29. The van der Waals surface area contributed by atoms with Gasteiger partial charge in [0.05, 0.1) is 27.4 Å². The molecule has 1 atom stereocenters. The fraction of sp³-hybridized carbons (Fsp3) is 0.148. The summed E-state index contributed by atoms with van der Waals surface area (Å²) in [5.41, 5.74) is 1.77.